The van der Waals surface area contributed by atoms with Crippen LogP contribution in [0.5, 0.6) is 0 Å². The summed E-state index contributed by atoms with van der Waals surface area (Å²) in [7, 11) is 1.57. The Bertz CT molecular complexity index is 1390. The maximum Gasteiger partial charge on any atom is 0.332 e. The summed E-state index contributed by atoms with van der Waals surface area (Å²) >= 11 is 0. The lowest BCUT2D eigenvalue weighted by Gasteiger charge is -2.08. The molecule has 0 spiro atoms. The number of esters is 1. The number of benzene rings is 1. The first-order valence-electron chi connectivity index (χ1n) is 9.76. The molecule has 9 heteroatoms. The number of nitrogens with zero attached hydrogens (tertiary/aromatic N) is 5. The highest BCUT2D eigenvalue weighted by molar-refractivity contribution is 5.76. The van der Waals surface area contributed by atoms with Gasteiger partial charge in [-0.3, -0.25) is 27.7 Å². The van der Waals surface area contributed by atoms with Crippen molar-refractivity contribution >= 4 is 22.9 Å². The van der Waals surface area contributed by atoms with Crippen molar-refractivity contribution in [2.24, 2.45) is 7.05 Å². The van der Waals surface area contributed by atoms with E-state index in [-0.39, 0.29) is 19.6 Å². The Morgan fingerprint density at radius 1 is 1.13 bits per heavy atom. The Kier molecular flexibility index (Phi) is 4.81. The van der Waals surface area contributed by atoms with Crippen LogP contribution in [0.25, 0.3) is 22.6 Å². The summed E-state index contributed by atoms with van der Waals surface area (Å²) in [6.45, 7) is 5.85. The molecule has 0 bridgehead atoms. The number of hydrogen-bond acceptors (Lipinski definition) is 5. The predicted molar refractivity (Wildman–Crippen MR) is 112 cm³/mol. The van der Waals surface area contributed by atoms with Gasteiger partial charge in [-0.05, 0) is 32.9 Å². The molecule has 3 aromatic heterocycles. The van der Waals surface area contributed by atoms with E-state index >= 15 is 0 Å². The summed E-state index contributed by atoms with van der Waals surface area (Å²) in [6, 6.07) is 7.98. The number of aryl methyl sites for hydroxylation is 3. The Morgan fingerprint density at radius 3 is 2.50 bits per heavy atom. The molecule has 156 valence electrons. The molecule has 0 saturated carbocycles. The van der Waals surface area contributed by atoms with Crippen LogP contribution in [0.1, 0.15) is 24.6 Å². The largest absolute Gasteiger partial charge is 0.466 e. The summed E-state index contributed by atoms with van der Waals surface area (Å²) in [6.07, 6.45) is 1.77. The third-order valence-corrected chi connectivity index (χ3v) is 5.16. The minimum atomic E-state index is -0.517. The quantitative estimate of drug-likeness (QED) is 0.468. The fraction of sp³-hybridized carbons (Fsp3) is 0.333. The summed E-state index contributed by atoms with van der Waals surface area (Å²) in [5, 5.41) is 0. The van der Waals surface area contributed by atoms with E-state index in [1.165, 1.54) is 4.57 Å². The van der Waals surface area contributed by atoms with E-state index in [0.29, 0.717) is 16.9 Å². The maximum atomic E-state index is 13.2. The molecular weight excluding hydrogens is 386 g/mol. The standard InChI is InChI=1S/C21H23N5O4/c1-5-30-16(27)10-11-24-19(28)17-18(23(4)21(24)29)22-20-25(17)12-14(3)26(20)15-8-6-13(2)7-9-15/h6-9,12H,5,10-11H2,1-4H3. The number of hydrogen-bond donors (Lipinski definition) is 0. The lowest BCUT2D eigenvalue weighted by atomic mass is 10.2. The molecule has 0 fully saturated rings. The number of fused-ring (bicyclic) bond motifs is 3. The molecule has 0 radical (unpaired) electrons. The van der Waals surface area contributed by atoms with E-state index in [1.54, 1.807) is 18.4 Å². The molecule has 0 unspecified atom stereocenters. The molecule has 9 nitrogen and oxygen atoms in total. The molecule has 0 N–H and O–H groups in total. The summed E-state index contributed by atoms with van der Waals surface area (Å²) in [5.74, 6) is 0.0907. The van der Waals surface area contributed by atoms with Gasteiger partial charge in [0.1, 0.15) is 0 Å². The number of carbonyl (C=O) groups excluding carboxylic acids is 1. The van der Waals surface area contributed by atoms with E-state index < -0.39 is 17.2 Å². The predicted octanol–water partition coefficient (Wildman–Crippen LogP) is 1.71. The number of ether oxygens (including phenoxy) is 1. The van der Waals surface area contributed by atoms with Crippen LogP contribution < -0.4 is 11.2 Å². The van der Waals surface area contributed by atoms with Crippen molar-refractivity contribution in [2.75, 3.05) is 6.61 Å². The fourth-order valence-corrected chi connectivity index (χ4v) is 3.66. The van der Waals surface area contributed by atoms with Crippen LogP contribution in [-0.2, 0) is 23.1 Å². The SMILES string of the molecule is CCOC(=O)CCn1c(=O)c2c(nc3n(-c4ccc(C)cc4)c(C)cn23)n(C)c1=O. The average molecular weight is 409 g/mol. The van der Waals surface area contributed by atoms with Crippen LogP contribution >= 0.6 is 0 Å². The van der Waals surface area contributed by atoms with Gasteiger partial charge in [-0.25, -0.2) is 4.79 Å². The zero-order chi connectivity index (χ0) is 21.6. The topological polar surface area (TPSA) is 92.5 Å². The average Bonchev–Trinajstić information content (AvgIpc) is 3.22. The van der Waals surface area contributed by atoms with Crippen molar-refractivity contribution < 1.29 is 9.53 Å². The zero-order valence-corrected chi connectivity index (χ0v) is 17.4. The highest BCUT2D eigenvalue weighted by Crippen LogP contribution is 2.21. The van der Waals surface area contributed by atoms with E-state index in [9.17, 15) is 14.4 Å². The van der Waals surface area contributed by atoms with Gasteiger partial charge < -0.3 is 4.74 Å². The highest BCUT2D eigenvalue weighted by atomic mass is 16.5. The van der Waals surface area contributed by atoms with Gasteiger partial charge in [0.2, 0.25) is 5.78 Å². The smallest absolute Gasteiger partial charge is 0.332 e. The third-order valence-electron chi connectivity index (χ3n) is 5.16. The first-order valence-corrected chi connectivity index (χ1v) is 9.76. The van der Waals surface area contributed by atoms with Gasteiger partial charge in [0.05, 0.1) is 13.0 Å². The monoisotopic (exact) mass is 409 g/mol. The van der Waals surface area contributed by atoms with Crippen molar-refractivity contribution in [3.8, 4) is 5.69 Å². The van der Waals surface area contributed by atoms with Crippen LogP contribution in [0, 0.1) is 13.8 Å². The van der Waals surface area contributed by atoms with E-state index in [1.807, 2.05) is 48.9 Å². The Balaban J connectivity index is 1.93. The summed E-state index contributed by atoms with van der Waals surface area (Å²) < 4.78 is 10.9. The van der Waals surface area contributed by atoms with Crippen LogP contribution in [0.2, 0.25) is 0 Å². The summed E-state index contributed by atoms with van der Waals surface area (Å²) in [4.78, 5) is 42.2. The van der Waals surface area contributed by atoms with Crippen LogP contribution in [0.15, 0.2) is 40.1 Å². The highest BCUT2D eigenvalue weighted by Gasteiger charge is 2.21. The molecule has 1 aromatic carbocycles. The van der Waals surface area contributed by atoms with E-state index in [2.05, 4.69) is 4.98 Å². The van der Waals surface area contributed by atoms with Crippen LogP contribution in [0.3, 0.4) is 0 Å². The molecule has 3 heterocycles. The molecular formula is C21H23N5O4. The Hall–Kier alpha value is -3.62. The second-order valence-electron chi connectivity index (χ2n) is 7.25. The van der Waals surface area contributed by atoms with Gasteiger partial charge in [-0.15, -0.1) is 0 Å². The molecule has 0 atom stereocenters. The zero-order valence-electron chi connectivity index (χ0n) is 17.4. The Morgan fingerprint density at radius 2 is 1.83 bits per heavy atom. The molecule has 30 heavy (non-hydrogen) atoms. The minimum absolute atomic E-state index is 0.0504. The first-order chi connectivity index (χ1) is 14.3. The van der Waals surface area contributed by atoms with Gasteiger partial charge >= 0.3 is 11.7 Å². The second-order valence-corrected chi connectivity index (χ2v) is 7.25. The third kappa shape index (κ3) is 3.02. The molecule has 0 amide bonds. The molecule has 4 aromatic rings. The summed E-state index contributed by atoms with van der Waals surface area (Å²) in [5.41, 5.74) is 2.55. The molecule has 0 saturated heterocycles. The first kappa shape index (κ1) is 19.7. The number of carbonyl (C=O) groups is 1. The lowest BCUT2D eigenvalue weighted by molar-refractivity contribution is -0.143. The minimum Gasteiger partial charge on any atom is -0.466 e. The Labute approximate surface area is 171 Å². The number of rotatable bonds is 5. The van der Waals surface area contributed by atoms with Crippen molar-refractivity contribution in [3.05, 3.63) is 62.6 Å². The van der Waals surface area contributed by atoms with Gasteiger partial charge in [0.15, 0.2) is 11.2 Å². The van der Waals surface area contributed by atoms with Gasteiger partial charge in [0, 0.05) is 31.2 Å². The maximum absolute atomic E-state index is 13.2. The van der Waals surface area contributed by atoms with Crippen molar-refractivity contribution in [1.29, 1.82) is 0 Å². The molecule has 0 aliphatic heterocycles. The lowest BCUT2D eigenvalue weighted by Crippen LogP contribution is -2.39. The number of imidazole rings is 2. The van der Waals surface area contributed by atoms with Crippen LogP contribution in [-0.4, -0.2) is 35.7 Å². The van der Waals surface area contributed by atoms with E-state index in [4.69, 9.17) is 4.74 Å². The van der Waals surface area contributed by atoms with E-state index in [0.717, 1.165) is 21.5 Å². The fourth-order valence-electron chi connectivity index (χ4n) is 3.66. The van der Waals surface area contributed by atoms with Gasteiger partial charge in [-0.2, -0.15) is 4.98 Å². The second kappa shape index (κ2) is 7.33. The van der Waals surface area contributed by atoms with Gasteiger partial charge in [0.25, 0.3) is 5.56 Å². The molecule has 0 aliphatic carbocycles. The molecule has 4 rings (SSSR count). The normalized spacial score (nSPS) is 11.5. The van der Waals surface area contributed by atoms with Crippen molar-refractivity contribution in [3.63, 3.8) is 0 Å². The number of aromatic nitrogens is 5. The van der Waals surface area contributed by atoms with Gasteiger partial charge in [-0.1, -0.05) is 17.7 Å². The van der Waals surface area contributed by atoms with Crippen molar-refractivity contribution in [2.45, 2.75) is 33.7 Å². The van der Waals surface area contributed by atoms with Crippen molar-refractivity contribution in [1.82, 2.24) is 23.1 Å². The molecule has 0 aliphatic rings. The van der Waals surface area contributed by atoms with Crippen LogP contribution in [0.4, 0.5) is 0 Å².